The quantitative estimate of drug-likeness (QED) is 0.701. The fourth-order valence-corrected chi connectivity index (χ4v) is 4.04. The lowest BCUT2D eigenvalue weighted by Gasteiger charge is -2.28. The number of halogens is 1. The third-order valence-corrected chi connectivity index (χ3v) is 5.67. The third-order valence-electron chi connectivity index (χ3n) is 5.67. The molecule has 1 N–H and O–H groups in total. The fraction of sp³-hybridized carbons (Fsp3) is 0.417. The van der Waals surface area contributed by atoms with Gasteiger partial charge in [0.05, 0.1) is 6.61 Å². The molecule has 1 heterocycles. The maximum absolute atomic E-state index is 14.1. The van der Waals surface area contributed by atoms with E-state index in [2.05, 4.69) is 5.32 Å². The monoisotopic (exact) mass is 427 g/mol. The van der Waals surface area contributed by atoms with Crippen LogP contribution >= 0.6 is 0 Å². The average Bonchev–Trinajstić information content (AvgIpc) is 2.81. The summed E-state index contributed by atoms with van der Waals surface area (Å²) < 4.78 is 31.0. The van der Waals surface area contributed by atoms with E-state index in [4.69, 9.17) is 14.2 Å². The number of fused-ring (bicyclic) bond motifs is 1. The highest BCUT2D eigenvalue weighted by Crippen LogP contribution is 2.36. The molecule has 2 aromatic carbocycles. The van der Waals surface area contributed by atoms with Crippen molar-refractivity contribution in [2.24, 2.45) is 5.92 Å². The van der Waals surface area contributed by atoms with Gasteiger partial charge in [-0.2, -0.15) is 0 Å². The van der Waals surface area contributed by atoms with Crippen LogP contribution in [0.5, 0.6) is 5.75 Å². The Hall–Kier alpha value is -2.93. The van der Waals surface area contributed by atoms with Crippen LogP contribution in [-0.2, 0) is 32.3 Å². The van der Waals surface area contributed by atoms with Crippen molar-refractivity contribution in [3.63, 3.8) is 0 Å². The van der Waals surface area contributed by atoms with Crippen molar-refractivity contribution in [3.8, 4) is 5.75 Å². The van der Waals surface area contributed by atoms with E-state index in [0.717, 1.165) is 37.7 Å². The van der Waals surface area contributed by atoms with E-state index in [1.165, 1.54) is 12.1 Å². The smallest absolute Gasteiger partial charge is 0.325 e. The van der Waals surface area contributed by atoms with Gasteiger partial charge in [-0.1, -0.05) is 49.6 Å². The highest BCUT2D eigenvalue weighted by Gasteiger charge is 2.26. The first kappa shape index (κ1) is 21.3. The first-order valence-electron chi connectivity index (χ1n) is 10.7. The zero-order valence-electron chi connectivity index (χ0n) is 17.3. The van der Waals surface area contributed by atoms with Crippen LogP contribution in [0.15, 0.2) is 42.5 Å². The predicted octanol–water partition coefficient (Wildman–Crippen LogP) is 4.17. The Labute approximate surface area is 180 Å². The minimum Gasteiger partial charge on any atom is -0.460 e. The standard InChI is InChI=1S/C24H26FNO5/c25-20-11-18(14-29-21(27)13-26-23(28)16-7-3-1-4-8-16)22-19(12-20)15-30-24(31-22)17-9-5-2-6-10-17/h2,5-6,9-12,16,24H,1,3-4,7-8,13-15H2,(H,26,28)/t24-/m1/s1. The molecule has 0 saturated heterocycles. The van der Waals surface area contributed by atoms with Gasteiger partial charge in [0.1, 0.15) is 24.7 Å². The zero-order valence-corrected chi connectivity index (χ0v) is 17.3. The number of hydrogen-bond acceptors (Lipinski definition) is 5. The van der Waals surface area contributed by atoms with E-state index in [1.54, 1.807) is 0 Å². The zero-order chi connectivity index (χ0) is 21.6. The second-order valence-corrected chi connectivity index (χ2v) is 7.94. The number of carbonyl (C=O) groups excluding carboxylic acids is 2. The molecule has 7 heteroatoms. The van der Waals surface area contributed by atoms with Gasteiger partial charge in [-0.3, -0.25) is 9.59 Å². The van der Waals surface area contributed by atoms with E-state index >= 15 is 0 Å². The topological polar surface area (TPSA) is 73.9 Å². The van der Waals surface area contributed by atoms with E-state index in [0.29, 0.717) is 16.9 Å². The Kier molecular flexibility index (Phi) is 6.82. The van der Waals surface area contributed by atoms with Crippen molar-refractivity contribution >= 4 is 11.9 Å². The first-order chi connectivity index (χ1) is 15.1. The van der Waals surface area contributed by atoms with Gasteiger partial charge >= 0.3 is 5.97 Å². The summed E-state index contributed by atoms with van der Waals surface area (Å²) >= 11 is 0. The molecule has 6 nitrogen and oxygen atoms in total. The predicted molar refractivity (Wildman–Crippen MR) is 110 cm³/mol. The number of esters is 1. The van der Waals surface area contributed by atoms with Crippen LogP contribution in [0.1, 0.15) is 55.1 Å². The van der Waals surface area contributed by atoms with Crippen LogP contribution in [0.3, 0.4) is 0 Å². The Morgan fingerprint density at radius 2 is 1.87 bits per heavy atom. The van der Waals surface area contributed by atoms with Crippen molar-refractivity contribution in [2.75, 3.05) is 6.54 Å². The Balaban J connectivity index is 1.36. The Morgan fingerprint density at radius 1 is 1.10 bits per heavy atom. The molecule has 164 valence electrons. The maximum atomic E-state index is 14.1. The van der Waals surface area contributed by atoms with Crippen molar-refractivity contribution in [1.29, 1.82) is 0 Å². The number of ether oxygens (including phenoxy) is 3. The SMILES string of the molecule is O=C(CNC(=O)C1CCCCC1)OCc1cc(F)cc2c1O[C@H](c1ccccc1)OC2. The second kappa shape index (κ2) is 9.92. The van der Waals surface area contributed by atoms with Gasteiger partial charge in [-0.05, 0) is 25.0 Å². The van der Waals surface area contributed by atoms with Crippen LogP contribution in [0.4, 0.5) is 4.39 Å². The summed E-state index contributed by atoms with van der Waals surface area (Å²) in [6.07, 6.45) is 4.34. The lowest BCUT2D eigenvalue weighted by atomic mass is 9.89. The Morgan fingerprint density at radius 3 is 2.65 bits per heavy atom. The molecule has 1 aliphatic carbocycles. The lowest BCUT2D eigenvalue weighted by molar-refractivity contribution is -0.146. The van der Waals surface area contributed by atoms with Gasteiger partial charge < -0.3 is 19.5 Å². The van der Waals surface area contributed by atoms with E-state index in [9.17, 15) is 14.0 Å². The maximum Gasteiger partial charge on any atom is 0.325 e. The number of amides is 1. The molecular weight excluding hydrogens is 401 g/mol. The van der Waals surface area contributed by atoms with Gasteiger partial charge in [-0.15, -0.1) is 0 Å². The highest BCUT2D eigenvalue weighted by molar-refractivity contribution is 5.83. The molecule has 0 spiro atoms. The molecule has 1 saturated carbocycles. The summed E-state index contributed by atoms with van der Waals surface area (Å²) in [4.78, 5) is 24.3. The molecular formula is C24H26FNO5. The van der Waals surface area contributed by atoms with Crippen LogP contribution < -0.4 is 10.1 Å². The molecule has 1 aliphatic heterocycles. The number of hydrogen-bond donors (Lipinski definition) is 1. The molecule has 0 aromatic heterocycles. The summed E-state index contributed by atoms with van der Waals surface area (Å²) in [7, 11) is 0. The normalized spacial score (nSPS) is 18.5. The summed E-state index contributed by atoms with van der Waals surface area (Å²) in [5.41, 5.74) is 1.82. The molecule has 1 amide bonds. The van der Waals surface area contributed by atoms with Crippen LogP contribution in [0.25, 0.3) is 0 Å². The molecule has 1 atom stereocenters. The third kappa shape index (κ3) is 5.41. The second-order valence-electron chi connectivity index (χ2n) is 7.94. The first-order valence-corrected chi connectivity index (χ1v) is 10.7. The van der Waals surface area contributed by atoms with E-state index in [1.807, 2.05) is 30.3 Å². The average molecular weight is 427 g/mol. The summed E-state index contributed by atoms with van der Waals surface area (Å²) in [5, 5.41) is 2.65. The largest absolute Gasteiger partial charge is 0.460 e. The van der Waals surface area contributed by atoms with E-state index < -0.39 is 18.1 Å². The Bertz CT molecular complexity index is 927. The summed E-state index contributed by atoms with van der Waals surface area (Å²) in [6, 6.07) is 12.1. The van der Waals surface area contributed by atoms with Crippen molar-refractivity contribution in [2.45, 2.75) is 51.6 Å². The summed E-state index contributed by atoms with van der Waals surface area (Å²) in [5.74, 6) is -0.707. The molecule has 2 aliphatic rings. The minimum absolute atomic E-state index is 0.0277. The molecule has 0 unspecified atom stereocenters. The molecule has 0 radical (unpaired) electrons. The number of rotatable bonds is 6. The number of carbonyl (C=O) groups is 2. The van der Waals surface area contributed by atoms with Gasteiger partial charge in [0.2, 0.25) is 12.2 Å². The fourth-order valence-electron chi connectivity index (χ4n) is 4.04. The molecule has 2 aromatic rings. The highest BCUT2D eigenvalue weighted by atomic mass is 19.1. The van der Waals surface area contributed by atoms with Crippen LogP contribution in [-0.4, -0.2) is 18.4 Å². The molecule has 0 bridgehead atoms. The lowest BCUT2D eigenvalue weighted by Crippen LogP contribution is -2.36. The molecule has 1 fully saturated rings. The van der Waals surface area contributed by atoms with Crippen molar-refractivity contribution in [1.82, 2.24) is 5.32 Å². The number of benzene rings is 2. The molecule has 31 heavy (non-hydrogen) atoms. The van der Waals surface area contributed by atoms with Gasteiger partial charge in [-0.25, -0.2) is 4.39 Å². The van der Waals surface area contributed by atoms with Crippen LogP contribution in [0, 0.1) is 11.7 Å². The van der Waals surface area contributed by atoms with Crippen molar-refractivity contribution < 1.29 is 28.2 Å². The van der Waals surface area contributed by atoms with Gasteiger partial charge in [0.25, 0.3) is 0 Å². The summed E-state index contributed by atoms with van der Waals surface area (Å²) in [6.45, 7) is -0.172. The minimum atomic E-state index is -0.622. The van der Waals surface area contributed by atoms with E-state index in [-0.39, 0.29) is 31.6 Å². The number of nitrogens with one attached hydrogen (secondary N) is 1. The van der Waals surface area contributed by atoms with Gasteiger partial charge in [0.15, 0.2) is 0 Å². The van der Waals surface area contributed by atoms with Gasteiger partial charge in [0, 0.05) is 22.6 Å². The van der Waals surface area contributed by atoms with Crippen LogP contribution in [0.2, 0.25) is 0 Å². The van der Waals surface area contributed by atoms with Crippen molar-refractivity contribution in [3.05, 3.63) is 65.0 Å². The molecule has 4 rings (SSSR count).